The van der Waals surface area contributed by atoms with E-state index in [9.17, 15) is 13.2 Å². The van der Waals surface area contributed by atoms with E-state index in [-0.39, 0.29) is 23.7 Å². The summed E-state index contributed by atoms with van der Waals surface area (Å²) in [5.74, 6) is -0.114. The largest absolute Gasteiger partial charge is 0.349 e. The first kappa shape index (κ1) is 18.0. The van der Waals surface area contributed by atoms with E-state index >= 15 is 0 Å². The van der Waals surface area contributed by atoms with Gasteiger partial charge in [-0.1, -0.05) is 29.3 Å². The Morgan fingerprint density at radius 1 is 1.25 bits per heavy atom. The third-order valence-electron chi connectivity index (χ3n) is 4.78. The zero-order valence-corrected chi connectivity index (χ0v) is 15.6. The number of benzene rings is 1. The molecule has 1 saturated heterocycles. The Labute approximate surface area is 152 Å². The van der Waals surface area contributed by atoms with E-state index in [1.165, 1.54) is 4.31 Å². The van der Waals surface area contributed by atoms with Gasteiger partial charge in [-0.25, -0.2) is 8.42 Å². The van der Waals surface area contributed by atoms with Crippen molar-refractivity contribution in [1.29, 1.82) is 0 Å². The Balaban J connectivity index is 1.66. The minimum absolute atomic E-state index is 0.0988. The van der Waals surface area contributed by atoms with Gasteiger partial charge in [0.05, 0.1) is 12.3 Å². The highest BCUT2D eigenvalue weighted by Crippen LogP contribution is 2.37. The second kappa shape index (κ2) is 6.83. The molecule has 1 saturated carbocycles. The molecule has 0 unspecified atom stereocenters. The van der Waals surface area contributed by atoms with Crippen LogP contribution in [0.5, 0.6) is 0 Å². The molecule has 0 aromatic heterocycles. The number of nitrogens with zero attached hydrogens (tertiary/aromatic N) is 1. The van der Waals surface area contributed by atoms with Crippen LogP contribution < -0.4 is 5.32 Å². The van der Waals surface area contributed by atoms with Crippen LogP contribution in [-0.4, -0.2) is 43.0 Å². The van der Waals surface area contributed by atoms with Gasteiger partial charge in [0.2, 0.25) is 15.9 Å². The fourth-order valence-corrected chi connectivity index (χ4v) is 5.29. The van der Waals surface area contributed by atoms with Crippen molar-refractivity contribution in [3.63, 3.8) is 0 Å². The van der Waals surface area contributed by atoms with Gasteiger partial charge in [0.25, 0.3) is 0 Å². The summed E-state index contributed by atoms with van der Waals surface area (Å²) in [6.45, 7) is 0.324. The van der Waals surface area contributed by atoms with Gasteiger partial charge in [0, 0.05) is 22.1 Å². The predicted octanol–water partition coefficient (Wildman–Crippen LogP) is 2.61. The average molecular weight is 391 g/mol. The number of hydrogen-bond donors (Lipinski definition) is 1. The number of rotatable bonds is 5. The summed E-state index contributed by atoms with van der Waals surface area (Å²) in [6, 6.07) is 5.36. The van der Waals surface area contributed by atoms with Crippen LogP contribution in [0, 0.1) is 0 Å². The summed E-state index contributed by atoms with van der Waals surface area (Å²) in [6.07, 6.45) is 3.98. The summed E-state index contributed by atoms with van der Waals surface area (Å²) < 4.78 is 24.9. The molecule has 1 amide bonds. The lowest BCUT2D eigenvalue weighted by Gasteiger charge is -2.43. The Kier molecular flexibility index (Phi) is 5.12. The number of hydrogen-bond acceptors (Lipinski definition) is 3. The monoisotopic (exact) mass is 390 g/mol. The average Bonchev–Trinajstić information content (AvgIpc) is 2.78. The molecule has 0 spiro atoms. The maximum absolute atomic E-state index is 12.4. The van der Waals surface area contributed by atoms with E-state index in [2.05, 4.69) is 5.32 Å². The van der Waals surface area contributed by atoms with Gasteiger partial charge < -0.3 is 5.32 Å². The number of carbonyl (C=O) groups excluding carboxylic acids is 1. The molecule has 8 heteroatoms. The lowest BCUT2D eigenvalue weighted by atomic mass is 9.72. The van der Waals surface area contributed by atoms with Gasteiger partial charge in [0.15, 0.2) is 0 Å². The van der Waals surface area contributed by atoms with Crippen molar-refractivity contribution in [2.75, 3.05) is 18.8 Å². The summed E-state index contributed by atoms with van der Waals surface area (Å²) in [7, 11) is -3.26. The topological polar surface area (TPSA) is 66.5 Å². The molecule has 5 nitrogen and oxygen atoms in total. The highest BCUT2D eigenvalue weighted by atomic mass is 35.5. The molecule has 1 aromatic rings. The number of sulfonamides is 1. The fourth-order valence-electron chi connectivity index (χ4n) is 3.34. The van der Waals surface area contributed by atoms with Gasteiger partial charge in [-0.05, 0) is 49.8 Å². The summed E-state index contributed by atoms with van der Waals surface area (Å²) in [5, 5.41) is 4.21. The van der Waals surface area contributed by atoms with Crippen molar-refractivity contribution >= 4 is 39.1 Å². The normalized spacial score (nSPS) is 22.1. The van der Waals surface area contributed by atoms with E-state index in [0.717, 1.165) is 24.8 Å². The Morgan fingerprint density at radius 3 is 2.54 bits per heavy atom. The molecule has 0 atom stereocenters. The van der Waals surface area contributed by atoms with Crippen LogP contribution in [-0.2, 0) is 21.2 Å². The first-order chi connectivity index (χ1) is 11.3. The van der Waals surface area contributed by atoms with Gasteiger partial charge in [-0.3, -0.25) is 4.79 Å². The fraction of sp³-hybridized carbons (Fsp3) is 0.562. The van der Waals surface area contributed by atoms with Crippen molar-refractivity contribution in [2.24, 2.45) is 0 Å². The summed E-state index contributed by atoms with van der Waals surface area (Å²) in [5.41, 5.74) is 0.604. The minimum Gasteiger partial charge on any atom is -0.349 e. The maximum Gasteiger partial charge on any atom is 0.235 e. The molecule has 1 aliphatic carbocycles. The molecule has 1 N–H and O–H groups in total. The van der Waals surface area contributed by atoms with Crippen LogP contribution in [0.4, 0.5) is 0 Å². The van der Waals surface area contributed by atoms with E-state index in [1.54, 1.807) is 12.1 Å². The third kappa shape index (κ3) is 3.87. The molecular weight excluding hydrogens is 371 g/mol. The molecular formula is C16H20Cl2N2O3S. The predicted molar refractivity (Wildman–Crippen MR) is 94.9 cm³/mol. The smallest absolute Gasteiger partial charge is 0.235 e. The van der Waals surface area contributed by atoms with Crippen molar-refractivity contribution in [3.8, 4) is 0 Å². The molecule has 3 rings (SSSR count). The number of amides is 1. The van der Waals surface area contributed by atoms with Crippen LogP contribution in [0.1, 0.15) is 31.2 Å². The van der Waals surface area contributed by atoms with Gasteiger partial charge in [-0.15, -0.1) is 0 Å². The van der Waals surface area contributed by atoms with E-state index in [0.29, 0.717) is 29.4 Å². The Morgan fingerprint density at radius 2 is 2.00 bits per heavy atom. The SMILES string of the molecule is O=C(CN1CCCS1(=O)=O)NC1(Cc2ccc(Cl)cc2Cl)CCC1. The van der Waals surface area contributed by atoms with E-state index in [1.807, 2.05) is 6.07 Å². The first-order valence-corrected chi connectivity index (χ1v) is 10.4. The molecule has 132 valence electrons. The molecule has 0 radical (unpaired) electrons. The Hall–Kier alpha value is -0.820. The van der Waals surface area contributed by atoms with Gasteiger partial charge in [-0.2, -0.15) is 4.31 Å². The van der Waals surface area contributed by atoms with Crippen molar-refractivity contribution in [2.45, 2.75) is 37.6 Å². The molecule has 1 heterocycles. The highest BCUT2D eigenvalue weighted by molar-refractivity contribution is 7.89. The van der Waals surface area contributed by atoms with Crippen molar-refractivity contribution in [3.05, 3.63) is 33.8 Å². The number of nitrogens with one attached hydrogen (secondary N) is 1. The van der Waals surface area contributed by atoms with Crippen LogP contribution in [0.15, 0.2) is 18.2 Å². The molecule has 24 heavy (non-hydrogen) atoms. The quantitative estimate of drug-likeness (QED) is 0.839. The van der Waals surface area contributed by atoms with Gasteiger partial charge in [0.1, 0.15) is 0 Å². The molecule has 1 aliphatic heterocycles. The lowest BCUT2D eigenvalue weighted by Crippen LogP contribution is -2.57. The second-order valence-electron chi connectivity index (χ2n) is 6.60. The van der Waals surface area contributed by atoms with Gasteiger partial charge >= 0.3 is 0 Å². The number of halogens is 2. The zero-order chi connectivity index (χ0) is 17.4. The zero-order valence-electron chi connectivity index (χ0n) is 13.2. The minimum atomic E-state index is -3.26. The van der Waals surface area contributed by atoms with Crippen molar-refractivity contribution < 1.29 is 13.2 Å². The second-order valence-corrected chi connectivity index (χ2v) is 9.53. The Bertz CT molecular complexity index is 748. The maximum atomic E-state index is 12.4. The van der Waals surface area contributed by atoms with Crippen LogP contribution >= 0.6 is 23.2 Å². The van der Waals surface area contributed by atoms with E-state index in [4.69, 9.17) is 23.2 Å². The standard InChI is InChI=1S/C16H20Cl2N2O3S/c17-13-4-3-12(14(18)9-13)10-16(5-1-6-16)19-15(21)11-20-7-2-8-24(20,22)23/h3-4,9H,1-2,5-8,10-11H2,(H,19,21). The molecule has 0 bridgehead atoms. The summed E-state index contributed by atoms with van der Waals surface area (Å²) >= 11 is 12.2. The van der Waals surface area contributed by atoms with Crippen LogP contribution in [0.3, 0.4) is 0 Å². The highest BCUT2D eigenvalue weighted by Gasteiger charge is 2.40. The molecule has 2 aliphatic rings. The molecule has 2 fully saturated rings. The van der Waals surface area contributed by atoms with Crippen LogP contribution in [0.25, 0.3) is 0 Å². The lowest BCUT2D eigenvalue weighted by molar-refractivity contribution is -0.124. The van der Waals surface area contributed by atoms with E-state index < -0.39 is 10.0 Å². The van der Waals surface area contributed by atoms with Crippen molar-refractivity contribution in [1.82, 2.24) is 9.62 Å². The van der Waals surface area contributed by atoms with Crippen LogP contribution in [0.2, 0.25) is 10.0 Å². The first-order valence-electron chi connectivity index (χ1n) is 8.02. The third-order valence-corrected chi connectivity index (χ3v) is 7.27. The number of carbonyl (C=O) groups is 1. The molecule has 1 aromatic carbocycles. The summed E-state index contributed by atoms with van der Waals surface area (Å²) in [4.78, 5) is 12.4.